The van der Waals surface area contributed by atoms with Crippen molar-refractivity contribution in [3.63, 3.8) is 0 Å². The average Bonchev–Trinajstić information content (AvgIpc) is 3.72. The normalized spacial score (nSPS) is 16.4. The molecule has 1 saturated heterocycles. The Hall–Kier alpha value is -5.40. The minimum atomic E-state index is -1.11. The van der Waals surface area contributed by atoms with Crippen LogP contribution in [0.2, 0.25) is 0 Å². The summed E-state index contributed by atoms with van der Waals surface area (Å²) in [5.74, 6) is -0.467. The van der Waals surface area contributed by atoms with E-state index in [1.807, 2.05) is 37.3 Å². The van der Waals surface area contributed by atoms with E-state index in [1.54, 1.807) is 54.6 Å². The number of carbonyl (C=O) groups is 2. The van der Waals surface area contributed by atoms with Crippen molar-refractivity contribution in [2.75, 3.05) is 24.7 Å². The van der Waals surface area contributed by atoms with Crippen LogP contribution in [0.1, 0.15) is 35.2 Å². The van der Waals surface area contributed by atoms with Crippen LogP contribution < -0.4 is 23.8 Å². The average molecular weight is 712 g/mol. The highest BCUT2D eigenvalue weighted by atomic mass is 32.2. The molecule has 7 rings (SSSR count). The Morgan fingerprint density at radius 2 is 1.72 bits per heavy atom. The van der Waals surface area contributed by atoms with Gasteiger partial charge >= 0.3 is 5.91 Å². The summed E-state index contributed by atoms with van der Waals surface area (Å²) in [4.78, 5) is 28.9. The Kier molecular flexibility index (Phi) is 9.67. The molecule has 4 aromatic carbocycles. The van der Waals surface area contributed by atoms with Crippen molar-refractivity contribution >= 4 is 45.7 Å². The summed E-state index contributed by atoms with van der Waals surface area (Å²) in [6, 6.07) is 24.9. The van der Waals surface area contributed by atoms with E-state index < -0.39 is 23.5 Å². The van der Waals surface area contributed by atoms with Crippen LogP contribution in [0.25, 0.3) is 5.76 Å². The van der Waals surface area contributed by atoms with Crippen LogP contribution in [-0.2, 0) is 21.9 Å². The lowest BCUT2D eigenvalue weighted by atomic mass is 9.95. The molecule has 5 aromatic rings. The molecule has 1 N–H and O–H groups in total. The van der Waals surface area contributed by atoms with Crippen molar-refractivity contribution in [1.29, 1.82) is 0 Å². The number of carbonyl (C=O) groups excluding carboxylic acids is 2. The van der Waals surface area contributed by atoms with E-state index in [9.17, 15) is 19.1 Å². The van der Waals surface area contributed by atoms with Crippen LogP contribution in [0, 0.1) is 5.82 Å². The van der Waals surface area contributed by atoms with E-state index in [4.69, 9.17) is 18.9 Å². The predicted molar refractivity (Wildman–Crippen MR) is 186 cm³/mol. The van der Waals surface area contributed by atoms with Gasteiger partial charge < -0.3 is 24.1 Å². The van der Waals surface area contributed by atoms with Gasteiger partial charge in [-0.25, -0.2) is 4.39 Å². The van der Waals surface area contributed by atoms with Gasteiger partial charge in [-0.15, -0.1) is 10.2 Å². The summed E-state index contributed by atoms with van der Waals surface area (Å²) in [5, 5.41) is 20.4. The van der Waals surface area contributed by atoms with Crippen molar-refractivity contribution in [3.05, 3.63) is 125 Å². The largest absolute Gasteiger partial charge is 0.507 e. The number of fused-ring (bicyclic) bond motifs is 1. The quantitative estimate of drug-likeness (QED) is 0.0490. The first-order chi connectivity index (χ1) is 24.4. The number of aliphatic hydroxyl groups excluding tert-OH is 1. The number of thioether (sulfide) groups is 1. The molecule has 2 aliphatic rings. The van der Waals surface area contributed by atoms with Crippen LogP contribution in [0.15, 0.2) is 101 Å². The molecule has 0 spiro atoms. The highest BCUT2D eigenvalue weighted by Gasteiger charge is 2.48. The maximum absolute atomic E-state index is 14.3. The molecule has 2 aliphatic heterocycles. The summed E-state index contributed by atoms with van der Waals surface area (Å²) in [7, 11) is 0. The Morgan fingerprint density at radius 3 is 2.52 bits per heavy atom. The second-order valence-corrected chi connectivity index (χ2v) is 13.4. The zero-order valence-corrected chi connectivity index (χ0v) is 28.3. The molecule has 13 heteroatoms. The molecule has 3 heterocycles. The molecule has 1 atom stereocenters. The molecule has 50 heavy (non-hydrogen) atoms. The standard InChI is InChI=1S/C37H30FN3O7S2/c1-2-45-29-18-23(12-14-28(29)48-20-22-8-4-3-5-9-22)32-31(33(42)24-13-15-27-30(19-24)47-17-16-46-27)34(43)35(44)41(32)36-39-40-37(50-36)49-21-25-10-6-7-11-26(25)38/h3-15,18-19,32,42H,2,16-17,20-21H2,1H3. The van der Waals surface area contributed by atoms with Crippen LogP contribution in [0.4, 0.5) is 9.52 Å². The summed E-state index contributed by atoms with van der Waals surface area (Å²) >= 11 is 2.34. The van der Waals surface area contributed by atoms with Gasteiger partial charge in [-0.1, -0.05) is 77.7 Å². The van der Waals surface area contributed by atoms with Crippen LogP contribution in [0.3, 0.4) is 0 Å². The first-order valence-electron chi connectivity index (χ1n) is 15.8. The fourth-order valence-electron chi connectivity index (χ4n) is 5.62. The van der Waals surface area contributed by atoms with E-state index in [-0.39, 0.29) is 27.8 Å². The van der Waals surface area contributed by atoms with Gasteiger partial charge in [0.15, 0.2) is 27.3 Å². The molecule has 1 unspecified atom stereocenters. The minimum absolute atomic E-state index is 0.136. The lowest BCUT2D eigenvalue weighted by molar-refractivity contribution is -0.132. The van der Waals surface area contributed by atoms with Gasteiger partial charge in [0.1, 0.15) is 31.4 Å². The minimum Gasteiger partial charge on any atom is -0.507 e. The number of benzene rings is 4. The van der Waals surface area contributed by atoms with Crippen LogP contribution >= 0.6 is 23.1 Å². The maximum Gasteiger partial charge on any atom is 0.301 e. The number of hydrogen-bond donors (Lipinski definition) is 1. The van der Waals surface area contributed by atoms with Crippen molar-refractivity contribution in [2.24, 2.45) is 0 Å². The van der Waals surface area contributed by atoms with Gasteiger partial charge in [0.2, 0.25) is 5.13 Å². The van der Waals surface area contributed by atoms with Gasteiger partial charge in [-0.2, -0.15) is 0 Å². The smallest absolute Gasteiger partial charge is 0.301 e. The van der Waals surface area contributed by atoms with Crippen molar-refractivity contribution in [3.8, 4) is 23.0 Å². The van der Waals surface area contributed by atoms with Gasteiger partial charge in [0.05, 0.1) is 18.2 Å². The zero-order chi connectivity index (χ0) is 34.6. The van der Waals surface area contributed by atoms with Crippen molar-refractivity contribution < 1.29 is 38.0 Å². The summed E-state index contributed by atoms with van der Waals surface area (Å²) in [6.07, 6.45) is 0. The number of hydrogen-bond acceptors (Lipinski definition) is 11. The van der Waals surface area contributed by atoms with Crippen molar-refractivity contribution in [2.45, 2.75) is 29.7 Å². The van der Waals surface area contributed by atoms with Gasteiger partial charge in [-0.3, -0.25) is 14.5 Å². The number of rotatable bonds is 11. The van der Waals surface area contributed by atoms with Crippen LogP contribution in [0.5, 0.6) is 23.0 Å². The fourth-order valence-corrected chi connectivity index (χ4v) is 7.48. The molecule has 0 bridgehead atoms. The number of amides is 1. The number of aliphatic hydroxyl groups is 1. The van der Waals surface area contributed by atoms with Gasteiger partial charge in [-0.05, 0) is 60.0 Å². The Morgan fingerprint density at radius 1 is 0.940 bits per heavy atom. The van der Waals surface area contributed by atoms with E-state index >= 15 is 0 Å². The Balaban J connectivity index is 1.28. The summed E-state index contributed by atoms with van der Waals surface area (Å²) < 4.78 is 38.2. The number of ether oxygens (including phenoxy) is 4. The topological polar surface area (TPSA) is 120 Å². The SMILES string of the molecule is CCOc1cc(C2C(=C(O)c3ccc4c(c3)OCCO4)C(=O)C(=O)N2c2nnc(SCc3ccccc3F)s2)ccc1OCc1ccccc1. The number of aromatic nitrogens is 2. The lowest BCUT2D eigenvalue weighted by Crippen LogP contribution is -2.29. The Labute approximate surface area is 295 Å². The zero-order valence-electron chi connectivity index (χ0n) is 26.7. The monoisotopic (exact) mass is 711 g/mol. The molecular weight excluding hydrogens is 682 g/mol. The van der Waals surface area contributed by atoms with E-state index in [0.29, 0.717) is 64.9 Å². The van der Waals surface area contributed by atoms with Gasteiger partial charge in [0, 0.05) is 11.3 Å². The highest BCUT2D eigenvalue weighted by molar-refractivity contribution is 8.00. The third kappa shape index (κ3) is 6.74. The van der Waals surface area contributed by atoms with E-state index in [2.05, 4.69) is 10.2 Å². The summed E-state index contributed by atoms with van der Waals surface area (Å²) in [5.41, 5.74) is 2.04. The second-order valence-electron chi connectivity index (χ2n) is 11.2. The molecule has 0 aliphatic carbocycles. The molecule has 10 nitrogen and oxygen atoms in total. The van der Waals surface area contributed by atoms with E-state index in [0.717, 1.165) is 16.9 Å². The summed E-state index contributed by atoms with van der Waals surface area (Å²) in [6.45, 7) is 3.17. The van der Waals surface area contributed by atoms with Gasteiger partial charge in [0.25, 0.3) is 5.78 Å². The third-order valence-electron chi connectivity index (χ3n) is 7.99. The molecule has 254 valence electrons. The first-order valence-corrected chi connectivity index (χ1v) is 17.6. The first kappa shape index (κ1) is 33.1. The second kappa shape index (κ2) is 14.6. The fraction of sp³-hybridized carbons (Fsp3) is 0.189. The highest BCUT2D eigenvalue weighted by Crippen LogP contribution is 2.46. The maximum atomic E-state index is 14.3. The van der Waals surface area contributed by atoms with E-state index in [1.165, 1.54) is 22.7 Å². The number of nitrogens with zero attached hydrogens (tertiary/aromatic N) is 3. The molecule has 0 radical (unpaired) electrons. The number of anilines is 1. The predicted octanol–water partition coefficient (Wildman–Crippen LogP) is 7.34. The molecule has 1 amide bonds. The van der Waals surface area contributed by atoms with Crippen molar-refractivity contribution in [1.82, 2.24) is 10.2 Å². The number of Topliss-reactive ketones (excluding diaryl/α,β-unsaturated/α-hetero) is 1. The molecular formula is C37H30FN3O7S2. The third-order valence-corrected chi connectivity index (χ3v) is 10.1. The number of ketones is 1. The number of halogens is 1. The molecule has 0 saturated carbocycles. The molecule has 1 fully saturated rings. The molecule has 1 aromatic heterocycles. The Bertz CT molecular complexity index is 2090. The van der Waals surface area contributed by atoms with Crippen LogP contribution in [-0.4, -0.2) is 46.8 Å². The lowest BCUT2D eigenvalue weighted by Gasteiger charge is -2.24.